The lowest BCUT2D eigenvalue weighted by Gasteiger charge is -2.46. The van der Waals surface area contributed by atoms with E-state index in [0.29, 0.717) is 6.04 Å². The molecule has 1 spiro atoms. The zero-order valence-corrected chi connectivity index (χ0v) is 8.59. The second kappa shape index (κ2) is 3.58. The second-order valence-electron chi connectivity index (χ2n) is 4.86. The summed E-state index contributed by atoms with van der Waals surface area (Å²) in [4.78, 5) is 0. The summed E-state index contributed by atoms with van der Waals surface area (Å²) in [7, 11) is 0. The molecule has 2 N–H and O–H groups in total. The third kappa shape index (κ3) is 1.75. The summed E-state index contributed by atoms with van der Waals surface area (Å²) in [6.07, 6.45) is 7.35. The van der Waals surface area contributed by atoms with Crippen molar-refractivity contribution in [3.05, 3.63) is 0 Å². The third-order valence-corrected chi connectivity index (χ3v) is 3.72. The SMILES string of the molecule is C[C@@H]1CC[C@@H](N)[C@]2(CCCCO2)C1. The van der Waals surface area contributed by atoms with Crippen LogP contribution in [0.1, 0.15) is 45.4 Å². The van der Waals surface area contributed by atoms with Crippen LogP contribution in [0.2, 0.25) is 0 Å². The van der Waals surface area contributed by atoms with E-state index in [4.69, 9.17) is 10.5 Å². The molecule has 0 bridgehead atoms. The smallest absolute Gasteiger partial charge is 0.0835 e. The fourth-order valence-corrected chi connectivity index (χ4v) is 2.90. The van der Waals surface area contributed by atoms with Gasteiger partial charge in [0.05, 0.1) is 5.60 Å². The molecule has 1 saturated heterocycles. The van der Waals surface area contributed by atoms with E-state index >= 15 is 0 Å². The van der Waals surface area contributed by atoms with Gasteiger partial charge in [0, 0.05) is 12.6 Å². The Morgan fingerprint density at radius 2 is 2.15 bits per heavy atom. The van der Waals surface area contributed by atoms with Crippen molar-refractivity contribution in [1.82, 2.24) is 0 Å². The van der Waals surface area contributed by atoms with Gasteiger partial charge < -0.3 is 10.5 Å². The molecule has 3 atom stereocenters. The summed E-state index contributed by atoms with van der Waals surface area (Å²) in [5.41, 5.74) is 6.25. The van der Waals surface area contributed by atoms with Crippen LogP contribution < -0.4 is 5.73 Å². The van der Waals surface area contributed by atoms with Crippen molar-refractivity contribution in [3.8, 4) is 0 Å². The summed E-state index contributed by atoms with van der Waals surface area (Å²) in [5.74, 6) is 0.804. The molecule has 2 nitrogen and oxygen atoms in total. The Kier molecular flexibility index (Phi) is 2.61. The van der Waals surface area contributed by atoms with Gasteiger partial charge in [0.1, 0.15) is 0 Å². The highest BCUT2D eigenvalue weighted by molar-refractivity contribution is 4.97. The number of hydrogen-bond acceptors (Lipinski definition) is 2. The molecule has 0 aromatic rings. The first kappa shape index (κ1) is 9.47. The summed E-state index contributed by atoms with van der Waals surface area (Å²) in [5, 5.41) is 0. The van der Waals surface area contributed by atoms with Gasteiger partial charge >= 0.3 is 0 Å². The lowest BCUT2D eigenvalue weighted by molar-refractivity contribution is -0.120. The monoisotopic (exact) mass is 183 g/mol. The number of hydrogen-bond donors (Lipinski definition) is 1. The van der Waals surface area contributed by atoms with E-state index < -0.39 is 0 Å². The van der Waals surface area contributed by atoms with Crippen LogP contribution in [0.3, 0.4) is 0 Å². The third-order valence-electron chi connectivity index (χ3n) is 3.72. The fourth-order valence-electron chi connectivity index (χ4n) is 2.90. The van der Waals surface area contributed by atoms with Gasteiger partial charge in [-0.1, -0.05) is 6.92 Å². The molecular weight excluding hydrogens is 162 g/mol. The second-order valence-corrected chi connectivity index (χ2v) is 4.86. The molecule has 1 heterocycles. The Morgan fingerprint density at radius 1 is 1.31 bits per heavy atom. The molecule has 1 aliphatic heterocycles. The van der Waals surface area contributed by atoms with Crippen molar-refractivity contribution >= 4 is 0 Å². The van der Waals surface area contributed by atoms with E-state index in [1.807, 2.05) is 0 Å². The highest BCUT2D eigenvalue weighted by atomic mass is 16.5. The molecule has 0 unspecified atom stereocenters. The van der Waals surface area contributed by atoms with Crippen molar-refractivity contribution in [1.29, 1.82) is 0 Å². The molecule has 1 aliphatic carbocycles. The van der Waals surface area contributed by atoms with Crippen LogP contribution in [0.25, 0.3) is 0 Å². The van der Waals surface area contributed by atoms with Crippen LogP contribution in [0.5, 0.6) is 0 Å². The molecule has 2 aliphatic rings. The van der Waals surface area contributed by atoms with Crippen LogP contribution in [0.4, 0.5) is 0 Å². The van der Waals surface area contributed by atoms with Crippen LogP contribution >= 0.6 is 0 Å². The highest BCUT2D eigenvalue weighted by Crippen LogP contribution is 2.40. The van der Waals surface area contributed by atoms with Crippen LogP contribution in [0.15, 0.2) is 0 Å². The average molecular weight is 183 g/mol. The Bertz CT molecular complexity index is 175. The average Bonchev–Trinajstić information content (AvgIpc) is 2.14. The Labute approximate surface area is 80.8 Å². The van der Waals surface area contributed by atoms with Gasteiger partial charge in [0.15, 0.2) is 0 Å². The summed E-state index contributed by atoms with van der Waals surface area (Å²) in [6, 6.07) is 0.295. The van der Waals surface area contributed by atoms with Crippen LogP contribution in [0, 0.1) is 5.92 Å². The van der Waals surface area contributed by atoms with Gasteiger partial charge in [-0.15, -0.1) is 0 Å². The van der Waals surface area contributed by atoms with Crippen molar-refractivity contribution < 1.29 is 4.74 Å². The van der Waals surface area contributed by atoms with E-state index in [2.05, 4.69) is 6.92 Å². The largest absolute Gasteiger partial charge is 0.373 e. The molecule has 76 valence electrons. The molecule has 2 fully saturated rings. The normalized spacial score (nSPS) is 46.6. The first-order valence-corrected chi connectivity index (χ1v) is 5.62. The predicted octanol–water partition coefficient (Wildman–Crippen LogP) is 2.07. The standard InChI is InChI=1S/C11H21NO/c1-9-4-5-10(12)11(8-9)6-2-3-7-13-11/h9-10H,2-8,12H2,1H3/t9-,10-,11+/m1/s1. The zero-order valence-electron chi connectivity index (χ0n) is 8.59. The molecule has 0 amide bonds. The van der Waals surface area contributed by atoms with Crippen LogP contribution in [-0.2, 0) is 4.74 Å². The minimum absolute atomic E-state index is 0.0654. The van der Waals surface area contributed by atoms with Crippen LogP contribution in [-0.4, -0.2) is 18.2 Å². The zero-order chi connectivity index (χ0) is 9.31. The summed E-state index contributed by atoms with van der Waals surface area (Å²) in [6.45, 7) is 3.26. The lowest BCUT2D eigenvalue weighted by Crippen LogP contribution is -2.55. The maximum Gasteiger partial charge on any atom is 0.0835 e. The van der Waals surface area contributed by atoms with Crippen molar-refractivity contribution in [2.24, 2.45) is 11.7 Å². The fraction of sp³-hybridized carbons (Fsp3) is 1.00. The summed E-state index contributed by atoms with van der Waals surface area (Å²) >= 11 is 0. The minimum atomic E-state index is 0.0654. The first-order chi connectivity index (χ1) is 6.23. The lowest BCUT2D eigenvalue weighted by atomic mass is 9.72. The van der Waals surface area contributed by atoms with Gasteiger partial charge in [-0.3, -0.25) is 0 Å². The van der Waals surface area contributed by atoms with E-state index in [0.717, 1.165) is 18.9 Å². The van der Waals surface area contributed by atoms with Crippen molar-refractivity contribution in [2.45, 2.75) is 57.1 Å². The topological polar surface area (TPSA) is 35.2 Å². The number of ether oxygens (including phenoxy) is 1. The first-order valence-electron chi connectivity index (χ1n) is 5.62. The Morgan fingerprint density at radius 3 is 2.85 bits per heavy atom. The van der Waals surface area contributed by atoms with E-state index in [1.165, 1.54) is 32.1 Å². The van der Waals surface area contributed by atoms with Gasteiger partial charge in [0.25, 0.3) is 0 Å². The minimum Gasteiger partial charge on any atom is -0.373 e. The molecule has 1 saturated carbocycles. The molecular formula is C11H21NO. The maximum atomic E-state index is 6.18. The number of rotatable bonds is 0. The van der Waals surface area contributed by atoms with Gasteiger partial charge in [-0.05, 0) is 44.4 Å². The molecule has 0 aromatic heterocycles. The van der Waals surface area contributed by atoms with Crippen molar-refractivity contribution in [3.63, 3.8) is 0 Å². The van der Waals surface area contributed by atoms with Gasteiger partial charge in [0.2, 0.25) is 0 Å². The molecule has 13 heavy (non-hydrogen) atoms. The quantitative estimate of drug-likeness (QED) is 0.624. The maximum absolute atomic E-state index is 6.18. The van der Waals surface area contributed by atoms with Crippen molar-refractivity contribution in [2.75, 3.05) is 6.61 Å². The van der Waals surface area contributed by atoms with E-state index in [9.17, 15) is 0 Å². The molecule has 2 heteroatoms. The summed E-state index contributed by atoms with van der Waals surface area (Å²) < 4.78 is 5.96. The number of nitrogens with two attached hydrogens (primary N) is 1. The van der Waals surface area contributed by atoms with Gasteiger partial charge in [-0.2, -0.15) is 0 Å². The predicted molar refractivity (Wildman–Crippen MR) is 53.5 cm³/mol. The molecule has 0 radical (unpaired) electrons. The molecule has 2 rings (SSSR count). The Balaban J connectivity index is 2.07. The Hall–Kier alpha value is -0.0800. The molecule has 0 aromatic carbocycles. The van der Waals surface area contributed by atoms with Gasteiger partial charge in [-0.25, -0.2) is 0 Å². The van der Waals surface area contributed by atoms with E-state index in [-0.39, 0.29) is 5.60 Å². The van der Waals surface area contributed by atoms with E-state index in [1.54, 1.807) is 0 Å². The highest BCUT2D eigenvalue weighted by Gasteiger charge is 2.42.